The third-order valence-electron chi connectivity index (χ3n) is 4.37. The maximum atomic E-state index is 14.5. The topological polar surface area (TPSA) is 77.5 Å². The number of rotatable bonds is 6. The highest BCUT2D eigenvalue weighted by atomic mass is 35.5. The number of aromatic nitrogens is 1. The fourth-order valence-corrected chi connectivity index (χ4v) is 3.19. The Morgan fingerprint density at radius 2 is 1.93 bits per heavy atom. The van der Waals surface area contributed by atoms with Crippen molar-refractivity contribution in [1.82, 2.24) is 4.57 Å². The molecule has 3 rings (SSSR count). The molecule has 0 saturated carbocycles. The molecule has 152 valence electrons. The lowest BCUT2D eigenvalue weighted by molar-refractivity contribution is 0.287. The van der Waals surface area contributed by atoms with Crippen molar-refractivity contribution in [2.24, 2.45) is 7.05 Å². The van der Waals surface area contributed by atoms with Crippen LogP contribution in [0, 0.1) is 11.6 Å². The van der Waals surface area contributed by atoms with Crippen molar-refractivity contribution >= 4 is 17.3 Å². The summed E-state index contributed by atoms with van der Waals surface area (Å²) in [6, 6.07) is 7.87. The van der Waals surface area contributed by atoms with E-state index in [0.717, 1.165) is 6.07 Å². The fraction of sp³-hybridized carbons (Fsp3) is 0.190. The summed E-state index contributed by atoms with van der Waals surface area (Å²) < 4.78 is 35.4. The summed E-state index contributed by atoms with van der Waals surface area (Å²) in [4.78, 5) is 11.8. The van der Waals surface area contributed by atoms with Gasteiger partial charge in [-0.15, -0.1) is 0 Å². The molecule has 0 unspecified atom stereocenters. The van der Waals surface area contributed by atoms with E-state index >= 15 is 0 Å². The van der Waals surface area contributed by atoms with Gasteiger partial charge in [0.1, 0.15) is 11.6 Å². The Hall–Kier alpha value is -2.90. The minimum absolute atomic E-state index is 0.127. The van der Waals surface area contributed by atoms with Crippen LogP contribution in [0.25, 0.3) is 11.1 Å². The van der Waals surface area contributed by atoms with Crippen LogP contribution in [0.5, 0.6) is 11.5 Å². The number of halogens is 3. The second-order valence-electron chi connectivity index (χ2n) is 6.54. The average molecular weight is 421 g/mol. The number of nitrogens with two attached hydrogens (primary N) is 1. The molecule has 1 aromatic heterocycles. The predicted molar refractivity (Wildman–Crippen MR) is 108 cm³/mol. The van der Waals surface area contributed by atoms with Gasteiger partial charge >= 0.3 is 0 Å². The standard InChI is InChI=1S/C21H19ClF2N2O3/c1-26-11-16(17(22)10-20(26)28)15-9-14(25)4-5-19(15)29-21-12(3-2-6-27)7-13(23)8-18(21)24/h4-5,7-11,27H,2-3,6,25H2,1H3. The van der Waals surface area contributed by atoms with E-state index < -0.39 is 11.6 Å². The van der Waals surface area contributed by atoms with Crippen molar-refractivity contribution in [2.45, 2.75) is 12.8 Å². The van der Waals surface area contributed by atoms with Crippen LogP contribution < -0.4 is 16.0 Å². The first-order valence-electron chi connectivity index (χ1n) is 8.83. The number of anilines is 1. The molecule has 3 aromatic rings. The number of hydrogen-bond donors (Lipinski definition) is 2. The first kappa shape index (κ1) is 20.8. The van der Waals surface area contributed by atoms with Crippen molar-refractivity contribution in [3.63, 3.8) is 0 Å². The summed E-state index contributed by atoms with van der Waals surface area (Å²) in [5, 5.41) is 9.25. The molecular weight excluding hydrogens is 402 g/mol. The van der Waals surface area contributed by atoms with Crippen LogP contribution in [0.1, 0.15) is 12.0 Å². The van der Waals surface area contributed by atoms with Crippen LogP contribution in [0.2, 0.25) is 5.02 Å². The van der Waals surface area contributed by atoms with Crippen molar-refractivity contribution < 1.29 is 18.6 Å². The molecule has 2 aromatic carbocycles. The lowest BCUT2D eigenvalue weighted by Gasteiger charge is -2.17. The summed E-state index contributed by atoms with van der Waals surface area (Å²) >= 11 is 6.25. The average Bonchev–Trinajstić information content (AvgIpc) is 2.66. The number of aliphatic hydroxyl groups excluding tert-OH is 1. The van der Waals surface area contributed by atoms with Gasteiger partial charge in [0.15, 0.2) is 11.6 Å². The normalized spacial score (nSPS) is 10.9. The zero-order valence-electron chi connectivity index (χ0n) is 15.6. The van der Waals surface area contributed by atoms with E-state index in [4.69, 9.17) is 27.2 Å². The maximum Gasteiger partial charge on any atom is 0.251 e. The van der Waals surface area contributed by atoms with E-state index in [1.807, 2.05) is 0 Å². The lowest BCUT2D eigenvalue weighted by Crippen LogP contribution is -2.14. The highest BCUT2D eigenvalue weighted by molar-refractivity contribution is 6.33. The highest BCUT2D eigenvalue weighted by Gasteiger charge is 2.18. The minimum atomic E-state index is -0.868. The summed E-state index contributed by atoms with van der Waals surface area (Å²) in [6.45, 7) is -0.127. The highest BCUT2D eigenvalue weighted by Crippen LogP contribution is 2.39. The molecule has 0 fully saturated rings. The zero-order chi connectivity index (χ0) is 21.1. The molecule has 0 amide bonds. The van der Waals surface area contributed by atoms with Gasteiger partial charge in [-0.3, -0.25) is 4.79 Å². The van der Waals surface area contributed by atoms with Crippen LogP contribution >= 0.6 is 11.6 Å². The van der Waals surface area contributed by atoms with Crippen molar-refractivity contribution in [3.8, 4) is 22.6 Å². The van der Waals surface area contributed by atoms with E-state index in [-0.39, 0.29) is 40.7 Å². The summed E-state index contributed by atoms with van der Waals surface area (Å²) in [5.41, 5.74) is 7.22. The van der Waals surface area contributed by atoms with E-state index in [2.05, 4.69) is 0 Å². The molecule has 29 heavy (non-hydrogen) atoms. The van der Waals surface area contributed by atoms with Crippen molar-refractivity contribution in [3.05, 3.63) is 75.2 Å². The molecule has 0 radical (unpaired) electrons. The van der Waals surface area contributed by atoms with E-state index in [1.165, 1.54) is 22.9 Å². The third kappa shape index (κ3) is 4.58. The van der Waals surface area contributed by atoms with Crippen LogP contribution in [0.3, 0.4) is 0 Å². The Labute approximate surface area is 170 Å². The van der Waals surface area contributed by atoms with Gasteiger partial charge in [-0.05, 0) is 37.1 Å². The summed E-state index contributed by atoms with van der Waals surface area (Å²) in [5.74, 6) is -1.52. The third-order valence-corrected chi connectivity index (χ3v) is 4.69. The zero-order valence-corrected chi connectivity index (χ0v) is 16.3. The second kappa shape index (κ2) is 8.63. The Balaban J connectivity index is 2.13. The predicted octanol–water partition coefficient (Wildman–Crippen LogP) is 4.28. The van der Waals surface area contributed by atoms with Crippen LogP contribution in [0.4, 0.5) is 14.5 Å². The number of hydrogen-bond acceptors (Lipinski definition) is 4. The SMILES string of the molecule is Cn1cc(-c2cc(N)ccc2Oc2c(F)cc(F)cc2CCCO)c(Cl)cc1=O. The molecule has 3 N–H and O–H groups in total. The molecule has 0 aliphatic heterocycles. The molecule has 8 heteroatoms. The molecule has 0 aliphatic rings. The summed E-state index contributed by atoms with van der Waals surface area (Å²) in [7, 11) is 1.57. The smallest absolute Gasteiger partial charge is 0.251 e. The Morgan fingerprint density at radius 3 is 2.66 bits per heavy atom. The minimum Gasteiger partial charge on any atom is -0.453 e. The van der Waals surface area contributed by atoms with Gasteiger partial charge in [-0.2, -0.15) is 0 Å². The molecule has 5 nitrogen and oxygen atoms in total. The molecular formula is C21H19ClF2N2O3. The molecule has 1 heterocycles. The number of nitrogens with zero attached hydrogens (tertiary/aromatic N) is 1. The first-order chi connectivity index (χ1) is 13.8. The van der Waals surface area contributed by atoms with E-state index in [0.29, 0.717) is 23.2 Å². The van der Waals surface area contributed by atoms with E-state index in [9.17, 15) is 13.6 Å². The van der Waals surface area contributed by atoms with Crippen LogP contribution in [-0.4, -0.2) is 16.3 Å². The lowest BCUT2D eigenvalue weighted by atomic mass is 10.0. The van der Waals surface area contributed by atoms with Gasteiger partial charge in [0.2, 0.25) is 0 Å². The number of aliphatic hydroxyl groups is 1. The van der Waals surface area contributed by atoms with Crippen LogP contribution in [-0.2, 0) is 13.5 Å². The fourth-order valence-electron chi connectivity index (χ4n) is 2.95. The number of pyridine rings is 1. The summed E-state index contributed by atoms with van der Waals surface area (Å²) in [6.07, 6.45) is 2.08. The Morgan fingerprint density at radius 1 is 1.17 bits per heavy atom. The second-order valence-corrected chi connectivity index (χ2v) is 6.95. The molecule has 0 aliphatic carbocycles. The maximum absolute atomic E-state index is 14.5. The number of ether oxygens (including phenoxy) is 1. The Bertz CT molecular complexity index is 1120. The van der Waals surface area contributed by atoms with Gasteiger partial charge in [-0.25, -0.2) is 8.78 Å². The molecule has 0 saturated heterocycles. The number of benzene rings is 2. The van der Waals surface area contributed by atoms with Gasteiger partial charge in [-0.1, -0.05) is 11.6 Å². The van der Waals surface area contributed by atoms with Crippen molar-refractivity contribution in [2.75, 3.05) is 12.3 Å². The molecule has 0 spiro atoms. The molecule has 0 atom stereocenters. The number of aryl methyl sites for hydroxylation is 2. The van der Waals surface area contributed by atoms with E-state index in [1.54, 1.807) is 25.2 Å². The first-order valence-corrected chi connectivity index (χ1v) is 9.20. The largest absolute Gasteiger partial charge is 0.453 e. The van der Waals surface area contributed by atoms with Gasteiger partial charge in [0.05, 0.1) is 5.02 Å². The quantitative estimate of drug-likeness (QED) is 0.583. The van der Waals surface area contributed by atoms with Gasteiger partial charge in [0, 0.05) is 54.4 Å². The van der Waals surface area contributed by atoms with Gasteiger partial charge in [0.25, 0.3) is 5.56 Å². The monoisotopic (exact) mass is 420 g/mol. The van der Waals surface area contributed by atoms with Gasteiger partial charge < -0.3 is 20.1 Å². The van der Waals surface area contributed by atoms with Crippen molar-refractivity contribution in [1.29, 1.82) is 0 Å². The van der Waals surface area contributed by atoms with Crippen LogP contribution in [0.15, 0.2) is 47.4 Å². The Kier molecular flexibility index (Phi) is 6.20. The molecule has 0 bridgehead atoms. The number of nitrogen functional groups attached to an aromatic ring is 1.